The predicted molar refractivity (Wildman–Crippen MR) is 123 cm³/mol. The van der Waals surface area contributed by atoms with E-state index < -0.39 is 5.82 Å². The van der Waals surface area contributed by atoms with Gasteiger partial charge in [0.15, 0.2) is 17.3 Å². The number of piperidine rings is 1. The summed E-state index contributed by atoms with van der Waals surface area (Å²) in [6.45, 7) is 8.59. The van der Waals surface area contributed by atoms with E-state index in [2.05, 4.69) is 9.74 Å². The highest BCUT2D eigenvalue weighted by Crippen LogP contribution is 2.33. The Bertz CT molecular complexity index is 1240. The molecule has 1 aromatic heterocycles. The summed E-state index contributed by atoms with van der Waals surface area (Å²) in [4.78, 5) is 23.9. The van der Waals surface area contributed by atoms with Crippen molar-refractivity contribution in [1.29, 1.82) is 0 Å². The highest BCUT2D eigenvalue weighted by Gasteiger charge is 2.24. The van der Waals surface area contributed by atoms with Crippen LogP contribution < -0.4 is 20.9 Å². The van der Waals surface area contributed by atoms with Crippen LogP contribution in [0.2, 0.25) is 0 Å². The maximum absolute atomic E-state index is 14.5. The number of anilines is 1. The average Bonchev–Trinajstić information content (AvgIpc) is 2.81. The number of nitrogens with zero attached hydrogens (tertiary/aromatic N) is 4. The van der Waals surface area contributed by atoms with Crippen LogP contribution in [-0.2, 0) is 7.05 Å². The van der Waals surface area contributed by atoms with Crippen molar-refractivity contribution in [3.8, 4) is 28.1 Å². The Morgan fingerprint density at radius 3 is 2.41 bits per heavy atom. The Kier molecular flexibility index (Phi) is 5.93. The van der Waals surface area contributed by atoms with Gasteiger partial charge < -0.3 is 15.4 Å². The lowest BCUT2D eigenvalue weighted by Gasteiger charge is -2.32. The Hall–Kier alpha value is -3.70. The standard InChI is InChI=1S/C24H24FN5O2/c1-27-18-7-4-15(5-8-18)22-21(16-6-9-20(32-3)19(25)14-16)23(31)29(2)24(28-22)30-12-10-17(26)11-13-30/h4-9,14,17H,10-13,26H2,2-3H3. The zero-order valence-corrected chi connectivity index (χ0v) is 18.0. The highest BCUT2D eigenvalue weighted by atomic mass is 19.1. The molecule has 0 spiro atoms. The van der Waals surface area contributed by atoms with E-state index in [4.69, 9.17) is 22.0 Å². The lowest BCUT2D eigenvalue weighted by atomic mass is 9.99. The van der Waals surface area contributed by atoms with Crippen molar-refractivity contribution >= 4 is 11.6 Å². The van der Waals surface area contributed by atoms with E-state index in [1.165, 1.54) is 23.8 Å². The highest BCUT2D eigenvalue weighted by molar-refractivity contribution is 5.82. The molecule has 0 unspecified atom stereocenters. The molecule has 2 N–H and O–H groups in total. The van der Waals surface area contributed by atoms with Crippen molar-refractivity contribution in [2.75, 3.05) is 25.1 Å². The Balaban J connectivity index is 1.93. The fourth-order valence-electron chi connectivity index (χ4n) is 3.96. The molecule has 0 aliphatic carbocycles. The molecule has 0 atom stereocenters. The first kappa shape index (κ1) is 21.5. The number of rotatable bonds is 4. The van der Waals surface area contributed by atoms with E-state index in [1.807, 2.05) is 0 Å². The molecule has 1 aliphatic heterocycles. The molecule has 4 rings (SSSR count). The summed E-state index contributed by atoms with van der Waals surface area (Å²) in [5.74, 6) is 0.0853. The van der Waals surface area contributed by atoms with Crippen LogP contribution in [0.3, 0.4) is 0 Å². The largest absolute Gasteiger partial charge is 0.494 e. The molecule has 2 aromatic carbocycles. The van der Waals surface area contributed by atoms with Gasteiger partial charge in [-0.3, -0.25) is 9.36 Å². The third kappa shape index (κ3) is 3.95. The molecule has 32 heavy (non-hydrogen) atoms. The smallest absolute Gasteiger partial charge is 0.263 e. The maximum atomic E-state index is 14.5. The van der Waals surface area contributed by atoms with Gasteiger partial charge in [0.05, 0.1) is 24.9 Å². The number of nitrogens with two attached hydrogens (primary N) is 1. The molecule has 1 fully saturated rings. The van der Waals surface area contributed by atoms with E-state index in [1.54, 1.807) is 37.4 Å². The van der Waals surface area contributed by atoms with Gasteiger partial charge in [0.25, 0.3) is 5.56 Å². The lowest BCUT2D eigenvalue weighted by Crippen LogP contribution is -2.42. The Labute approximate surface area is 185 Å². The van der Waals surface area contributed by atoms with Gasteiger partial charge in [0.2, 0.25) is 5.95 Å². The van der Waals surface area contributed by atoms with E-state index in [0.29, 0.717) is 47.1 Å². The molecule has 2 heterocycles. The first-order valence-electron chi connectivity index (χ1n) is 10.4. The van der Waals surface area contributed by atoms with Crippen LogP contribution in [0, 0.1) is 12.4 Å². The summed E-state index contributed by atoms with van der Waals surface area (Å²) < 4.78 is 21.0. The molecule has 164 valence electrons. The molecular weight excluding hydrogens is 409 g/mol. The topological polar surface area (TPSA) is 77.7 Å². The van der Waals surface area contributed by atoms with Gasteiger partial charge in [-0.2, -0.15) is 0 Å². The molecule has 0 saturated carbocycles. The van der Waals surface area contributed by atoms with Gasteiger partial charge in [0.1, 0.15) is 0 Å². The fraction of sp³-hybridized carbons (Fsp3) is 0.292. The number of benzene rings is 2. The molecule has 0 radical (unpaired) electrons. The van der Waals surface area contributed by atoms with Crippen molar-refractivity contribution in [3.63, 3.8) is 0 Å². The van der Waals surface area contributed by atoms with Crippen molar-refractivity contribution in [1.82, 2.24) is 9.55 Å². The van der Waals surface area contributed by atoms with Crippen LogP contribution in [-0.4, -0.2) is 35.8 Å². The Morgan fingerprint density at radius 1 is 1.16 bits per heavy atom. The van der Waals surface area contributed by atoms with Gasteiger partial charge in [-0.15, -0.1) is 0 Å². The summed E-state index contributed by atoms with van der Waals surface area (Å²) >= 11 is 0. The number of halogens is 1. The maximum Gasteiger partial charge on any atom is 0.263 e. The number of hydrogen-bond donors (Lipinski definition) is 1. The lowest BCUT2D eigenvalue weighted by molar-refractivity contribution is 0.386. The van der Waals surface area contributed by atoms with Gasteiger partial charge in [0, 0.05) is 26.2 Å². The van der Waals surface area contributed by atoms with Crippen LogP contribution in [0.4, 0.5) is 16.0 Å². The number of aromatic nitrogens is 2. The van der Waals surface area contributed by atoms with Crippen molar-refractivity contribution < 1.29 is 9.13 Å². The van der Waals surface area contributed by atoms with Gasteiger partial charge in [-0.05, 0) is 36.1 Å². The average molecular weight is 433 g/mol. The van der Waals surface area contributed by atoms with Crippen LogP contribution in [0.25, 0.3) is 27.2 Å². The van der Waals surface area contributed by atoms with Crippen LogP contribution in [0.5, 0.6) is 5.75 Å². The molecule has 1 aliphatic rings. The van der Waals surface area contributed by atoms with Crippen molar-refractivity contribution in [3.05, 3.63) is 70.1 Å². The summed E-state index contributed by atoms with van der Waals surface area (Å²) in [6.07, 6.45) is 1.63. The zero-order chi connectivity index (χ0) is 22.8. The molecule has 0 bridgehead atoms. The third-order valence-corrected chi connectivity index (χ3v) is 5.80. The molecule has 7 nitrogen and oxygen atoms in total. The number of ether oxygens (including phenoxy) is 1. The van der Waals surface area contributed by atoms with Gasteiger partial charge in [-0.25, -0.2) is 14.2 Å². The van der Waals surface area contributed by atoms with E-state index >= 15 is 0 Å². The zero-order valence-electron chi connectivity index (χ0n) is 18.0. The summed E-state index contributed by atoms with van der Waals surface area (Å²) in [6, 6.07) is 11.5. The fourth-order valence-corrected chi connectivity index (χ4v) is 3.96. The quantitative estimate of drug-likeness (QED) is 0.635. The summed E-state index contributed by atoms with van der Waals surface area (Å²) in [7, 11) is 3.07. The van der Waals surface area contributed by atoms with Crippen LogP contribution >= 0.6 is 0 Å². The first-order valence-corrected chi connectivity index (χ1v) is 10.4. The monoisotopic (exact) mass is 433 g/mol. The minimum atomic E-state index is -0.560. The van der Waals surface area contributed by atoms with E-state index in [0.717, 1.165) is 12.8 Å². The second-order valence-electron chi connectivity index (χ2n) is 7.83. The molecule has 3 aromatic rings. The Morgan fingerprint density at radius 2 is 1.81 bits per heavy atom. The second-order valence-corrected chi connectivity index (χ2v) is 7.83. The molecular formula is C24H24FN5O2. The van der Waals surface area contributed by atoms with Gasteiger partial charge >= 0.3 is 0 Å². The normalized spacial score (nSPS) is 14.3. The van der Waals surface area contributed by atoms with Crippen molar-refractivity contribution in [2.45, 2.75) is 18.9 Å². The first-order chi connectivity index (χ1) is 15.4. The second kappa shape index (κ2) is 8.81. The third-order valence-electron chi connectivity index (χ3n) is 5.80. The number of methoxy groups -OCH3 is 1. The SMILES string of the molecule is [C-]#[N+]c1ccc(-c2nc(N3CCC(N)CC3)n(C)c(=O)c2-c2ccc(OC)c(F)c2)cc1. The van der Waals surface area contributed by atoms with E-state index in [9.17, 15) is 9.18 Å². The predicted octanol–water partition coefficient (Wildman–Crippen LogP) is 3.74. The van der Waals surface area contributed by atoms with Crippen LogP contribution in [0.15, 0.2) is 47.3 Å². The van der Waals surface area contributed by atoms with Crippen LogP contribution in [0.1, 0.15) is 12.8 Å². The number of hydrogen-bond acceptors (Lipinski definition) is 5. The molecule has 1 saturated heterocycles. The molecule has 8 heteroatoms. The summed E-state index contributed by atoms with van der Waals surface area (Å²) in [5, 5.41) is 0. The van der Waals surface area contributed by atoms with Gasteiger partial charge in [-0.1, -0.05) is 30.3 Å². The van der Waals surface area contributed by atoms with Crippen molar-refractivity contribution in [2.24, 2.45) is 12.8 Å². The molecule has 0 amide bonds. The minimum Gasteiger partial charge on any atom is -0.494 e. The van der Waals surface area contributed by atoms with E-state index in [-0.39, 0.29) is 17.4 Å². The minimum absolute atomic E-state index is 0.0998. The summed E-state index contributed by atoms with van der Waals surface area (Å²) in [5.41, 5.74) is 8.08.